The third-order valence-corrected chi connectivity index (χ3v) is 3.29. The van der Waals surface area contributed by atoms with Crippen molar-refractivity contribution in [1.82, 2.24) is 4.98 Å². The number of carboxylic acids is 1. The maximum absolute atomic E-state index is 10.8. The highest BCUT2D eigenvalue weighted by Crippen LogP contribution is 2.23. The largest absolute Gasteiger partial charge is 0.477 e. The first-order valence-corrected chi connectivity index (χ1v) is 6.08. The molecule has 2 N–H and O–H groups in total. The van der Waals surface area contributed by atoms with E-state index in [4.69, 9.17) is 5.11 Å². The number of nitrogens with one attached hydrogen (secondary N) is 1. The molecule has 0 fully saturated rings. The zero-order chi connectivity index (χ0) is 13.1. The normalized spacial score (nSPS) is 10.1. The number of nitrogens with zero attached hydrogens (tertiary/aromatic N) is 1. The first-order valence-electron chi connectivity index (χ1n) is 5.29. The Bertz CT molecular complexity index is 599. The van der Waals surface area contributed by atoms with E-state index in [1.165, 1.54) is 12.3 Å². The number of hydrogen-bond acceptors (Lipinski definition) is 3. The van der Waals surface area contributed by atoms with E-state index in [9.17, 15) is 4.79 Å². The van der Waals surface area contributed by atoms with Crippen LogP contribution in [-0.2, 0) is 0 Å². The van der Waals surface area contributed by atoms with Crippen molar-refractivity contribution in [2.75, 3.05) is 5.32 Å². The molecule has 0 aliphatic heterocycles. The highest BCUT2D eigenvalue weighted by atomic mass is 79.9. The van der Waals surface area contributed by atoms with Gasteiger partial charge in [-0.2, -0.15) is 0 Å². The third-order valence-electron chi connectivity index (χ3n) is 2.44. The van der Waals surface area contributed by atoms with Crippen LogP contribution in [-0.4, -0.2) is 16.1 Å². The number of pyridine rings is 1. The molecule has 1 aromatic heterocycles. The molecule has 0 saturated heterocycles. The van der Waals surface area contributed by atoms with Gasteiger partial charge < -0.3 is 10.4 Å². The van der Waals surface area contributed by atoms with Crippen molar-refractivity contribution in [2.45, 2.75) is 6.92 Å². The lowest BCUT2D eigenvalue weighted by Gasteiger charge is -2.08. The molecule has 0 atom stereocenters. The van der Waals surface area contributed by atoms with Crippen LogP contribution in [0.2, 0.25) is 0 Å². The molecule has 0 bridgehead atoms. The molecule has 0 aliphatic carbocycles. The van der Waals surface area contributed by atoms with Crippen LogP contribution in [0.4, 0.5) is 11.4 Å². The molecule has 2 aromatic rings. The highest BCUT2D eigenvalue weighted by molar-refractivity contribution is 9.10. The summed E-state index contributed by atoms with van der Waals surface area (Å²) >= 11 is 3.45. The molecule has 0 radical (unpaired) electrons. The molecule has 0 amide bonds. The standard InChI is InChI=1S/C13H11BrN2O2/c1-8-2-3-9(6-11(8)14)16-10-4-5-15-12(7-10)13(17)18/h2-7H,1H3,(H,15,16)(H,17,18). The minimum atomic E-state index is -1.04. The van der Waals surface area contributed by atoms with E-state index in [1.807, 2.05) is 25.1 Å². The van der Waals surface area contributed by atoms with Gasteiger partial charge in [0.25, 0.3) is 0 Å². The number of aromatic nitrogens is 1. The maximum Gasteiger partial charge on any atom is 0.354 e. The molecule has 0 spiro atoms. The van der Waals surface area contributed by atoms with Crippen LogP contribution in [0.5, 0.6) is 0 Å². The van der Waals surface area contributed by atoms with E-state index in [2.05, 4.69) is 26.2 Å². The fourth-order valence-electron chi connectivity index (χ4n) is 1.46. The van der Waals surface area contributed by atoms with Crippen molar-refractivity contribution in [1.29, 1.82) is 0 Å². The van der Waals surface area contributed by atoms with E-state index < -0.39 is 5.97 Å². The first-order chi connectivity index (χ1) is 8.56. The van der Waals surface area contributed by atoms with Crippen molar-refractivity contribution in [2.24, 2.45) is 0 Å². The molecule has 0 aliphatic rings. The summed E-state index contributed by atoms with van der Waals surface area (Å²) in [7, 11) is 0. The molecule has 1 aromatic carbocycles. The zero-order valence-electron chi connectivity index (χ0n) is 9.64. The molecule has 1 heterocycles. The monoisotopic (exact) mass is 306 g/mol. The van der Waals surface area contributed by atoms with Gasteiger partial charge in [-0.1, -0.05) is 22.0 Å². The fourth-order valence-corrected chi connectivity index (χ4v) is 1.84. The smallest absolute Gasteiger partial charge is 0.354 e. The van der Waals surface area contributed by atoms with Crippen molar-refractivity contribution in [3.63, 3.8) is 0 Å². The van der Waals surface area contributed by atoms with E-state index in [0.717, 1.165) is 15.7 Å². The molecule has 5 heteroatoms. The van der Waals surface area contributed by atoms with Crippen LogP contribution in [0, 0.1) is 6.92 Å². The minimum absolute atomic E-state index is 0.0196. The Morgan fingerprint density at radius 3 is 2.67 bits per heavy atom. The Morgan fingerprint density at radius 1 is 1.28 bits per heavy atom. The number of halogens is 1. The number of hydrogen-bond donors (Lipinski definition) is 2. The van der Waals surface area contributed by atoms with Crippen molar-refractivity contribution in [3.8, 4) is 0 Å². The Morgan fingerprint density at radius 2 is 2.00 bits per heavy atom. The van der Waals surface area contributed by atoms with Crippen LogP contribution in [0.3, 0.4) is 0 Å². The van der Waals surface area contributed by atoms with Gasteiger partial charge in [-0.15, -0.1) is 0 Å². The van der Waals surface area contributed by atoms with Gasteiger partial charge in [0.05, 0.1) is 0 Å². The van der Waals surface area contributed by atoms with Gasteiger partial charge in [-0.3, -0.25) is 0 Å². The molecule has 0 unspecified atom stereocenters. The summed E-state index contributed by atoms with van der Waals surface area (Å²) in [4.78, 5) is 14.6. The van der Waals surface area contributed by atoms with Gasteiger partial charge in [0.2, 0.25) is 0 Å². The summed E-state index contributed by atoms with van der Waals surface area (Å²) < 4.78 is 1.00. The topological polar surface area (TPSA) is 62.2 Å². The van der Waals surface area contributed by atoms with Gasteiger partial charge in [-0.25, -0.2) is 9.78 Å². The maximum atomic E-state index is 10.8. The summed E-state index contributed by atoms with van der Waals surface area (Å²) in [5, 5.41) is 12.0. The van der Waals surface area contributed by atoms with Crippen LogP contribution in [0.15, 0.2) is 41.0 Å². The number of aryl methyl sites for hydroxylation is 1. The van der Waals surface area contributed by atoms with E-state index in [1.54, 1.807) is 6.07 Å². The predicted octanol–water partition coefficient (Wildman–Crippen LogP) is 3.59. The number of aromatic carboxylic acids is 1. The predicted molar refractivity (Wildman–Crippen MR) is 73.4 cm³/mol. The summed E-state index contributed by atoms with van der Waals surface area (Å²) in [6, 6.07) is 9.07. The van der Waals surface area contributed by atoms with Crippen molar-refractivity contribution < 1.29 is 9.90 Å². The minimum Gasteiger partial charge on any atom is -0.477 e. The molecule has 0 saturated carbocycles. The number of anilines is 2. The molecular weight excluding hydrogens is 296 g/mol. The fraction of sp³-hybridized carbons (Fsp3) is 0.0769. The third kappa shape index (κ3) is 2.87. The van der Waals surface area contributed by atoms with Crippen LogP contribution in [0.25, 0.3) is 0 Å². The Labute approximate surface area is 113 Å². The van der Waals surface area contributed by atoms with Gasteiger partial charge >= 0.3 is 5.97 Å². The van der Waals surface area contributed by atoms with Gasteiger partial charge in [0, 0.05) is 22.0 Å². The van der Waals surface area contributed by atoms with E-state index in [0.29, 0.717) is 5.69 Å². The number of rotatable bonds is 3. The SMILES string of the molecule is Cc1ccc(Nc2ccnc(C(=O)O)c2)cc1Br. The van der Waals surface area contributed by atoms with Crippen LogP contribution in [0.1, 0.15) is 16.1 Å². The molecule has 2 rings (SSSR count). The molecule has 92 valence electrons. The molecule has 4 nitrogen and oxygen atoms in total. The molecular formula is C13H11BrN2O2. The van der Waals surface area contributed by atoms with Gasteiger partial charge in [0.15, 0.2) is 0 Å². The average molecular weight is 307 g/mol. The first kappa shape index (κ1) is 12.6. The van der Waals surface area contributed by atoms with E-state index in [-0.39, 0.29) is 5.69 Å². The van der Waals surface area contributed by atoms with Crippen LogP contribution < -0.4 is 5.32 Å². The average Bonchev–Trinajstić information content (AvgIpc) is 2.34. The highest BCUT2D eigenvalue weighted by Gasteiger charge is 2.05. The van der Waals surface area contributed by atoms with E-state index >= 15 is 0 Å². The van der Waals surface area contributed by atoms with Crippen LogP contribution >= 0.6 is 15.9 Å². The van der Waals surface area contributed by atoms with Crippen molar-refractivity contribution >= 4 is 33.3 Å². The lowest BCUT2D eigenvalue weighted by molar-refractivity contribution is 0.0690. The summed E-state index contributed by atoms with van der Waals surface area (Å²) in [5.74, 6) is -1.04. The summed E-state index contributed by atoms with van der Waals surface area (Å²) in [6.45, 7) is 2.00. The Hall–Kier alpha value is -1.88. The second kappa shape index (κ2) is 5.18. The summed E-state index contributed by atoms with van der Waals surface area (Å²) in [6.07, 6.45) is 1.47. The summed E-state index contributed by atoms with van der Waals surface area (Å²) in [5.41, 5.74) is 2.74. The second-order valence-corrected chi connectivity index (χ2v) is 4.68. The number of benzene rings is 1. The number of carboxylic acid groups (broad SMARTS) is 1. The van der Waals surface area contributed by atoms with Gasteiger partial charge in [0.1, 0.15) is 5.69 Å². The lowest BCUT2D eigenvalue weighted by atomic mass is 10.2. The van der Waals surface area contributed by atoms with Crippen molar-refractivity contribution in [3.05, 3.63) is 52.3 Å². The Balaban J connectivity index is 2.25. The molecule has 18 heavy (non-hydrogen) atoms. The lowest BCUT2D eigenvalue weighted by Crippen LogP contribution is -2.01. The Kier molecular flexibility index (Phi) is 3.62. The second-order valence-electron chi connectivity index (χ2n) is 3.82. The zero-order valence-corrected chi connectivity index (χ0v) is 11.2. The van der Waals surface area contributed by atoms with Gasteiger partial charge in [-0.05, 0) is 36.8 Å². The number of carbonyl (C=O) groups is 1. The quantitative estimate of drug-likeness (QED) is 0.909.